The van der Waals surface area contributed by atoms with E-state index in [1.807, 2.05) is 36.4 Å². The molecule has 1 aromatic carbocycles. The molecule has 1 fully saturated rings. The van der Waals surface area contributed by atoms with Crippen LogP contribution in [0, 0.1) is 0 Å². The molecule has 168 valence electrons. The molecule has 1 aromatic heterocycles. The number of carbonyl (C=O) groups is 3. The number of hydrogen-bond acceptors (Lipinski definition) is 4. The molecule has 1 saturated heterocycles. The van der Waals surface area contributed by atoms with E-state index in [0.29, 0.717) is 51.1 Å². The van der Waals surface area contributed by atoms with Crippen molar-refractivity contribution in [2.24, 2.45) is 0 Å². The van der Waals surface area contributed by atoms with E-state index in [4.69, 9.17) is 0 Å². The van der Waals surface area contributed by atoms with Crippen LogP contribution in [0.25, 0.3) is 0 Å². The van der Waals surface area contributed by atoms with E-state index in [1.165, 1.54) is 0 Å². The van der Waals surface area contributed by atoms with Crippen molar-refractivity contribution in [2.45, 2.75) is 39.0 Å². The lowest BCUT2D eigenvalue weighted by Gasteiger charge is -2.30. The molecule has 2 aromatic rings. The Hall–Kier alpha value is -3.22. The number of anilines is 1. The zero-order chi connectivity index (χ0) is 22.5. The first kappa shape index (κ1) is 22.0. The Morgan fingerprint density at radius 1 is 0.938 bits per heavy atom. The van der Waals surface area contributed by atoms with Gasteiger partial charge in [0.15, 0.2) is 0 Å². The number of fused-ring (bicyclic) bond motifs is 1. The second-order valence-corrected chi connectivity index (χ2v) is 8.48. The quantitative estimate of drug-likeness (QED) is 0.742. The molecule has 4 rings (SSSR count). The van der Waals surface area contributed by atoms with E-state index in [-0.39, 0.29) is 17.7 Å². The molecule has 0 unspecified atom stereocenters. The van der Waals surface area contributed by atoms with Crippen LogP contribution in [-0.2, 0) is 22.4 Å². The maximum absolute atomic E-state index is 13.2. The van der Waals surface area contributed by atoms with Gasteiger partial charge in [0, 0.05) is 52.3 Å². The van der Waals surface area contributed by atoms with Crippen molar-refractivity contribution in [3.63, 3.8) is 0 Å². The van der Waals surface area contributed by atoms with Gasteiger partial charge in [-0.2, -0.15) is 0 Å². The van der Waals surface area contributed by atoms with Crippen LogP contribution in [0.4, 0.5) is 5.69 Å². The maximum atomic E-state index is 13.2. The number of nitrogens with zero attached hydrogens (tertiary/aromatic N) is 4. The van der Waals surface area contributed by atoms with Crippen molar-refractivity contribution in [1.82, 2.24) is 14.8 Å². The van der Waals surface area contributed by atoms with E-state index >= 15 is 0 Å². The average molecular weight is 435 g/mol. The lowest BCUT2D eigenvalue weighted by Crippen LogP contribution is -2.38. The summed E-state index contributed by atoms with van der Waals surface area (Å²) >= 11 is 0. The molecule has 0 aliphatic carbocycles. The van der Waals surface area contributed by atoms with Gasteiger partial charge < -0.3 is 14.7 Å². The number of pyridine rings is 1. The fourth-order valence-corrected chi connectivity index (χ4v) is 4.46. The third kappa shape index (κ3) is 4.98. The highest BCUT2D eigenvalue weighted by molar-refractivity contribution is 5.98. The third-order valence-electron chi connectivity index (χ3n) is 6.28. The SMILES string of the molecule is CC(=O)N1CCCN(C(=O)c2cnc3c(c2)N(C(=O)CCc2ccccc2)CCC3)CC1. The molecule has 2 aliphatic rings. The van der Waals surface area contributed by atoms with E-state index in [0.717, 1.165) is 36.2 Å². The molecule has 0 bridgehead atoms. The van der Waals surface area contributed by atoms with E-state index in [9.17, 15) is 14.4 Å². The van der Waals surface area contributed by atoms with Crippen LogP contribution in [0.15, 0.2) is 42.6 Å². The second kappa shape index (κ2) is 9.94. The molecule has 0 N–H and O–H groups in total. The third-order valence-corrected chi connectivity index (χ3v) is 6.28. The molecule has 3 amide bonds. The predicted molar refractivity (Wildman–Crippen MR) is 122 cm³/mol. The average Bonchev–Trinajstić information content (AvgIpc) is 3.08. The van der Waals surface area contributed by atoms with E-state index in [2.05, 4.69) is 4.98 Å². The van der Waals surface area contributed by atoms with Crippen molar-refractivity contribution < 1.29 is 14.4 Å². The highest BCUT2D eigenvalue weighted by atomic mass is 16.2. The Morgan fingerprint density at radius 3 is 2.47 bits per heavy atom. The zero-order valence-electron chi connectivity index (χ0n) is 18.6. The summed E-state index contributed by atoms with van der Waals surface area (Å²) in [6.07, 6.45) is 5.19. The normalized spacial score (nSPS) is 16.3. The number of rotatable bonds is 4. The highest BCUT2D eigenvalue weighted by Crippen LogP contribution is 2.28. The summed E-state index contributed by atoms with van der Waals surface area (Å²) in [5.41, 5.74) is 3.28. The van der Waals surface area contributed by atoms with Crippen LogP contribution in [0.1, 0.15) is 47.8 Å². The first-order valence-corrected chi connectivity index (χ1v) is 11.4. The Kier molecular flexibility index (Phi) is 6.83. The molecule has 7 heteroatoms. The van der Waals surface area contributed by atoms with Crippen molar-refractivity contribution in [3.8, 4) is 0 Å². The summed E-state index contributed by atoms with van der Waals surface area (Å²) in [6.45, 7) is 4.55. The van der Waals surface area contributed by atoms with Gasteiger partial charge in [-0.05, 0) is 37.3 Å². The summed E-state index contributed by atoms with van der Waals surface area (Å²) in [7, 11) is 0. The molecular weight excluding hydrogens is 404 g/mol. The van der Waals surface area contributed by atoms with Crippen LogP contribution >= 0.6 is 0 Å². The lowest BCUT2D eigenvalue weighted by atomic mass is 10.0. The van der Waals surface area contributed by atoms with Gasteiger partial charge in [0.25, 0.3) is 5.91 Å². The zero-order valence-corrected chi connectivity index (χ0v) is 18.6. The minimum absolute atomic E-state index is 0.0411. The number of benzene rings is 1. The predicted octanol–water partition coefficient (Wildman–Crippen LogP) is 2.69. The van der Waals surface area contributed by atoms with Gasteiger partial charge in [0.1, 0.15) is 0 Å². The molecule has 32 heavy (non-hydrogen) atoms. The van der Waals surface area contributed by atoms with Crippen LogP contribution in [0.5, 0.6) is 0 Å². The Morgan fingerprint density at radius 2 is 1.69 bits per heavy atom. The van der Waals surface area contributed by atoms with Gasteiger partial charge >= 0.3 is 0 Å². The van der Waals surface area contributed by atoms with Gasteiger partial charge in [-0.25, -0.2) is 0 Å². The second-order valence-electron chi connectivity index (χ2n) is 8.48. The first-order chi connectivity index (χ1) is 15.5. The van der Waals surface area contributed by atoms with Crippen molar-refractivity contribution in [3.05, 3.63) is 59.4 Å². The van der Waals surface area contributed by atoms with Crippen LogP contribution in [0.2, 0.25) is 0 Å². The molecular formula is C25H30N4O3. The maximum Gasteiger partial charge on any atom is 0.255 e. The van der Waals surface area contributed by atoms with Crippen molar-refractivity contribution in [2.75, 3.05) is 37.6 Å². The van der Waals surface area contributed by atoms with Crippen molar-refractivity contribution in [1.29, 1.82) is 0 Å². The summed E-state index contributed by atoms with van der Waals surface area (Å²) in [4.78, 5) is 47.8. The van der Waals surface area contributed by atoms with E-state index in [1.54, 1.807) is 27.8 Å². The number of hydrogen-bond donors (Lipinski definition) is 0. The fraction of sp³-hybridized carbons (Fsp3) is 0.440. The Labute approximate surface area is 189 Å². The van der Waals surface area contributed by atoms with Gasteiger partial charge in [-0.3, -0.25) is 19.4 Å². The largest absolute Gasteiger partial charge is 0.341 e. The number of carbonyl (C=O) groups excluding carboxylic acids is 3. The minimum atomic E-state index is -0.0899. The van der Waals surface area contributed by atoms with Gasteiger partial charge in [0.2, 0.25) is 11.8 Å². The topological polar surface area (TPSA) is 73.8 Å². The summed E-state index contributed by atoms with van der Waals surface area (Å²) in [6, 6.07) is 11.8. The van der Waals surface area contributed by atoms with Crippen LogP contribution in [-0.4, -0.2) is 65.2 Å². The molecule has 2 aliphatic heterocycles. The van der Waals surface area contributed by atoms with Crippen LogP contribution < -0.4 is 4.90 Å². The monoisotopic (exact) mass is 434 g/mol. The highest BCUT2D eigenvalue weighted by Gasteiger charge is 2.27. The number of aryl methyl sites for hydroxylation is 2. The standard InChI is InChI=1S/C25H30N4O3/c1-19(30)27-12-6-13-28(16-15-27)25(32)21-17-23-22(26-18-21)9-5-14-29(23)24(31)11-10-20-7-3-2-4-8-20/h2-4,7-8,17-18H,5-6,9-16H2,1H3. The summed E-state index contributed by atoms with van der Waals surface area (Å²) in [5.74, 6) is 0.0143. The summed E-state index contributed by atoms with van der Waals surface area (Å²) < 4.78 is 0. The molecule has 0 radical (unpaired) electrons. The number of amides is 3. The van der Waals surface area contributed by atoms with Gasteiger partial charge in [-0.1, -0.05) is 30.3 Å². The molecule has 0 saturated carbocycles. The molecule has 0 atom stereocenters. The smallest absolute Gasteiger partial charge is 0.255 e. The van der Waals surface area contributed by atoms with Gasteiger partial charge in [0.05, 0.1) is 16.9 Å². The fourth-order valence-electron chi connectivity index (χ4n) is 4.46. The Bertz CT molecular complexity index is 992. The Balaban J connectivity index is 1.48. The molecule has 0 spiro atoms. The van der Waals surface area contributed by atoms with E-state index < -0.39 is 0 Å². The lowest BCUT2D eigenvalue weighted by molar-refractivity contribution is -0.128. The first-order valence-electron chi connectivity index (χ1n) is 11.4. The minimum Gasteiger partial charge on any atom is -0.341 e. The molecule has 7 nitrogen and oxygen atoms in total. The summed E-state index contributed by atoms with van der Waals surface area (Å²) in [5, 5.41) is 0. The van der Waals surface area contributed by atoms with Crippen LogP contribution in [0.3, 0.4) is 0 Å². The van der Waals surface area contributed by atoms with Gasteiger partial charge in [-0.15, -0.1) is 0 Å². The molecule has 3 heterocycles. The number of aromatic nitrogens is 1. The van der Waals surface area contributed by atoms with Crippen molar-refractivity contribution >= 4 is 23.4 Å².